The zero-order valence-corrected chi connectivity index (χ0v) is 14.5. The van der Waals surface area contributed by atoms with Crippen LogP contribution in [0.25, 0.3) is 16.7 Å². The second-order valence-corrected chi connectivity index (χ2v) is 6.83. The first-order valence-corrected chi connectivity index (χ1v) is 8.58. The minimum atomic E-state index is -4.85. The number of carboxylic acid groups (broad SMARTS) is 1. The Labute approximate surface area is 157 Å². The molecular formula is C19H16F3N3O3. The predicted molar refractivity (Wildman–Crippen MR) is 94.4 cm³/mol. The summed E-state index contributed by atoms with van der Waals surface area (Å²) in [5.74, 6) is -1.40. The van der Waals surface area contributed by atoms with Gasteiger partial charge in [-0.3, -0.25) is 4.57 Å². The van der Waals surface area contributed by atoms with Crippen LogP contribution in [0.5, 0.6) is 5.75 Å². The number of carboxylic acids is 1. The number of hydrogen-bond acceptors (Lipinski definition) is 4. The second kappa shape index (κ2) is 6.23. The molecule has 6 nitrogen and oxygen atoms in total. The van der Waals surface area contributed by atoms with Crippen molar-refractivity contribution in [3.63, 3.8) is 0 Å². The first-order chi connectivity index (χ1) is 13.2. The van der Waals surface area contributed by atoms with E-state index in [4.69, 9.17) is 5.73 Å². The summed E-state index contributed by atoms with van der Waals surface area (Å²) in [7, 11) is 0. The van der Waals surface area contributed by atoms with E-state index in [1.165, 1.54) is 16.7 Å². The van der Waals surface area contributed by atoms with Crippen LogP contribution in [0.2, 0.25) is 0 Å². The number of rotatable bonds is 4. The van der Waals surface area contributed by atoms with Crippen LogP contribution in [0.1, 0.15) is 35.4 Å². The molecule has 4 rings (SSSR count). The third kappa shape index (κ3) is 3.18. The minimum absolute atomic E-state index is 0.122. The molecule has 0 radical (unpaired) electrons. The standard InChI is InChI=1S/C19H16F3N3O3/c20-19(21,22)28-12-6-5-11-9-14(17(26)27)25(13(11)10-12)16-4-1-3-15(24-16)18(23)7-2-8-18/h1,3-6,9-10H,2,7-8,23H2,(H,26,27). The molecular weight excluding hydrogens is 375 g/mol. The monoisotopic (exact) mass is 391 g/mol. The summed E-state index contributed by atoms with van der Waals surface area (Å²) in [4.78, 5) is 16.3. The number of pyridine rings is 1. The summed E-state index contributed by atoms with van der Waals surface area (Å²) < 4.78 is 43.0. The zero-order chi connectivity index (χ0) is 20.1. The summed E-state index contributed by atoms with van der Waals surface area (Å²) in [6.45, 7) is 0. The van der Waals surface area contributed by atoms with Crippen molar-refractivity contribution >= 4 is 16.9 Å². The van der Waals surface area contributed by atoms with Gasteiger partial charge in [-0.2, -0.15) is 0 Å². The maximum atomic E-state index is 12.6. The molecule has 1 aliphatic rings. The van der Waals surface area contributed by atoms with E-state index in [0.717, 1.165) is 31.4 Å². The fraction of sp³-hybridized carbons (Fsp3) is 0.263. The molecule has 146 valence electrons. The summed E-state index contributed by atoms with van der Waals surface area (Å²) in [6, 6.07) is 10.1. The number of ether oxygens (including phenoxy) is 1. The molecule has 1 aliphatic carbocycles. The summed E-state index contributed by atoms with van der Waals surface area (Å²) in [5, 5.41) is 10.0. The Morgan fingerprint density at radius 2 is 1.96 bits per heavy atom. The van der Waals surface area contributed by atoms with Gasteiger partial charge >= 0.3 is 12.3 Å². The number of nitrogens with zero attached hydrogens (tertiary/aromatic N) is 2. The molecule has 0 saturated heterocycles. The van der Waals surface area contributed by atoms with Gasteiger partial charge < -0.3 is 15.6 Å². The van der Waals surface area contributed by atoms with Gasteiger partial charge in [0.25, 0.3) is 0 Å². The van der Waals surface area contributed by atoms with Gasteiger partial charge in [-0.15, -0.1) is 13.2 Å². The lowest BCUT2D eigenvalue weighted by molar-refractivity contribution is -0.274. The highest BCUT2D eigenvalue weighted by Gasteiger charge is 2.36. The van der Waals surface area contributed by atoms with E-state index in [0.29, 0.717) is 11.1 Å². The van der Waals surface area contributed by atoms with Crippen LogP contribution in [0, 0.1) is 0 Å². The molecule has 0 atom stereocenters. The first kappa shape index (κ1) is 18.3. The Morgan fingerprint density at radius 3 is 2.57 bits per heavy atom. The van der Waals surface area contributed by atoms with E-state index in [2.05, 4.69) is 9.72 Å². The molecule has 1 saturated carbocycles. The van der Waals surface area contributed by atoms with Crippen LogP contribution in [0.3, 0.4) is 0 Å². The quantitative estimate of drug-likeness (QED) is 0.703. The summed E-state index contributed by atoms with van der Waals surface area (Å²) in [6.07, 6.45) is -2.33. The lowest BCUT2D eigenvalue weighted by atomic mass is 9.75. The lowest BCUT2D eigenvalue weighted by Gasteiger charge is -2.37. The number of alkyl halides is 3. The Kier molecular flexibility index (Phi) is 4.07. The molecule has 0 unspecified atom stereocenters. The second-order valence-electron chi connectivity index (χ2n) is 6.83. The highest BCUT2D eigenvalue weighted by Crippen LogP contribution is 2.38. The van der Waals surface area contributed by atoms with Crippen molar-refractivity contribution in [1.82, 2.24) is 9.55 Å². The molecule has 1 aromatic carbocycles. The highest BCUT2D eigenvalue weighted by molar-refractivity contribution is 5.96. The van der Waals surface area contributed by atoms with Crippen LogP contribution in [0.15, 0.2) is 42.5 Å². The summed E-state index contributed by atoms with van der Waals surface area (Å²) in [5.41, 5.74) is 6.49. The van der Waals surface area contributed by atoms with Crippen molar-refractivity contribution in [3.8, 4) is 11.6 Å². The third-order valence-corrected chi connectivity index (χ3v) is 4.95. The molecule has 0 bridgehead atoms. The van der Waals surface area contributed by atoms with Crippen LogP contribution in [-0.4, -0.2) is 27.0 Å². The van der Waals surface area contributed by atoms with E-state index in [1.807, 2.05) is 0 Å². The van der Waals surface area contributed by atoms with Crippen molar-refractivity contribution in [1.29, 1.82) is 0 Å². The van der Waals surface area contributed by atoms with Crippen molar-refractivity contribution in [2.45, 2.75) is 31.2 Å². The minimum Gasteiger partial charge on any atom is -0.477 e. The number of halogens is 3. The van der Waals surface area contributed by atoms with E-state index < -0.39 is 23.6 Å². The molecule has 1 fully saturated rings. The average molecular weight is 391 g/mol. The SMILES string of the molecule is NC1(c2cccc(-n3c(C(=O)O)cc4ccc(OC(F)(F)F)cc43)n2)CCC1. The fourth-order valence-electron chi connectivity index (χ4n) is 3.42. The smallest absolute Gasteiger partial charge is 0.477 e. The van der Waals surface area contributed by atoms with Gasteiger partial charge in [0.15, 0.2) is 0 Å². The predicted octanol–water partition coefficient (Wildman–Crippen LogP) is 3.96. The van der Waals surface area contributed by atoms with Crippen molar-refractivity contribution in [2.75, 3.05) is 0 Å². The molecule has 0 spiro atoms. The van der Waals surface area contributed by atoms with Crippen molar-refractivity contribution < 1.29 is 27.8 Å². The van der Waals surface area contributed by atoms with Crippen LogP contribution < -0.4 is 10.5 Å². The maximum absolute atomic E-state index is 12.6. The average Bonchev–Trinajstić information content (AvgIpc) is 2.97. The number of carbonyl (C=O) groups is 1. The van der Waals surface area contributed by atoms with Gasteiger partial charge in [0.2, 0.25) is 0 Å². The Bertz CT molecular complexity index is 1070. The highest BCUT2D eigenvalue weighted by atomic mass is 19.4. The van der Waals surface area contributed by atoms with Gasteiger partial charge in [0, 0.05) is 11.5 Å². The normalized spacial score (nSPS) is 16.0. The Balaban J connectivity index is 1.89. The fourth-order valence-corrected chi connectivity index (χ4v) is 3.42. The molecule has 2 aromatic heterocycles. The first-order valence-electron chi connectivity index (χ1n) is 8.58. The van der Waals surface area contributed by atoms with Crippen LogP contribution in [-0.2, 0) is 5.54 Å². The number of benzene rings is 1. The molecule has 3 aromatic rings. The molecule has 9 heteroatoms. The van der Waals surface area contributed by atoms with Gasteiger partial charge in [-0.05, 0) is 49.6 Å². The number of aromatic carboxylic acids is 1. The van der Waals surface area contributed by atoms with Crippen molar-refractivity contribution in [3.05, 3.63) is 53.9 Å². The largest absolute Gasteiger partial charge is 0.573 e. The lowest BCUT2D eigenvalue weighted by Crippen LogP contribution is -2.44. The molecule has 28 heavy (non-hydrogen) atoms. The Morgan fingerprint density at radius 1 is 1.21 bits per heavy atom. The molecule has 0 amide bonds. The maximum Gasteiger partial charge on any atom is 0.573 e. The van der Waals surface area contributed by atoms with Crippen LogP contribution >= 0.6 is 0 Å². The van der Waals surface area contributed by atoms with E-state index in [1.54, 1.807) is 18.2 Å². The third-order valence-electron chi connectivity index (χ3n) is 4.95. The molecule has 2 heterocycles. The number of nitrogens with two attached hydrogens (primary N) is 1. The number of hydrogen-bond donors (Lipinski definition) is 2. The van der Waals surface area contributed by atoms with Gasteiger partial charge in [-0.1, -0.05) is 6.07 Å². The van der Waals surface area contributed by atoms with E-state index in [-0.39, 0.29) is 17.0 Å². The number of aromatic nitrogens is 2. The van der Waals surface area contributed by atoms with Gasteiger partial charge in [0.05, 0.1) is 16.7 Å². The van der Waals surface area contributed by atoms with E-state index >= 15 is 0 Å². The van der Waals surface area contributed by atoms with Gasteiger partial charge in [0.1, 0.15) is 17.3 Å². The summed E-state index contributed by atoms with van der Waals surface area (Å²) >= 11 is 0. The van der Waals surface area contributed by atoms with Crippen LogP contribution in [0.4, 0.5) is 13.2 Å². The zero-order valence-electron chi connectivity index (χ0n) is 14.5. The molecule has 0 aliphatic heterocycles. The van der Waals surface area contributed by atoms with Crippen molar-refractivity contribution in [2.24, 2.45) is 5.73 Å². The van der Waals surface area contributed by atoms with Gasteiger partial charge in [-0.25, -0.2) is 9.78 Å². The molecule has 3 N–H and O–H groups in total. The number of fused-ring (bicyclic) bond motifs is 1. The Hall–Kier alpha value is -3.07. The topological polar surface area (TPSA) is 90.4 Å². The van der Waals surface area contributed by atoms with E-state index in [9.17, 15) is 23.1 Å².